The number of nitrogens with zero attached hydrogens (tertiary/aromatic N) is 2. The number of benzene rings is 1. The molecule has 0 amide bonds. The second-order valence-electron chi connectivity index (χ2n) is 6.47. The summed E-state index contributed by atoms with van der Waals surface area (Å²) in [6.45, 7) is 4.63. The minimum Gasteiger partial charge on any atom is -0.466 e. The lowest BCUT2D eigenvalue weighted by molar-refractivity contribution is -0.159. The fraction of sp³-hybridized carbons (Fsp3) is 0.474. The molecule has 3 rings (SSSR count). The van der Waals surface area contributed by atoms with Gasteiger partial charge in [-0.2, -0.15) is 0 Å². The van der Waals surface area contributed by atoms with Gasteiger partial charge in [-0.15, -0.1) is 0 Å². The zero-order valence-corrected chi connectivity index (χ0v) is 14.1. The molecule has 24 heavy (non-hydrogen) atoms. The van der Waals surface area contributed by atoms with E-state index in [1.54, 1.807) is 6.26 Å². The zero-order valence-electron chi connectivity index (χ0n) is 14.1. The first-order valence-electron chi connectivity index (χ1n) is 8.55. The van der Waals surface area contributed by atoms with Crippen molar-refractivity contribution < 1.29 is 14.1 Å². The highest BCUT2D eigenvalue weighted by atomic mass is 16.5. The van der Waals surface area contributed by atoms with Crippen LogP contribution in [0.2, 0.25) is 0 Å². The summed E-state index contributed by atoms with van der Waals surface area (Å²) in [5.41, 5.74) is 1.59. The molecule has 1 aliphatic heterocycles. The Morgan fingerprint density at radius 3 is 2.88 bits per heavy atom. The van der Waals surface area contributed by atoms with Gasteiger partial charge < -0.3 is 9.26 Å². The summed E-state index contributed by atoms with van der Waals surface area (Å²) >= 11 is 0. The Hall–Kier alpha value is -2.14. The van der Waals surface area contributed by atoms with E-state index < -0.39 is 5.41 Å². The Balaban J connectivity index is 1.79. The molecule has 1 unspecified atom stereocenters. The number of piperidine rings is 1. The number of carbonyl (C=O) groups excluding carboxylic acids is 1. The van der Waals surface area contributed by atoms with Crippen molar-refractivity contribution in [1.29, 1.82) is 0 Å². The number of hydrogen-bond donors (Lipinski definition) is 0. The second-order valence-corrected chi connectivity index (χ2v) is 6.47. The SMILES string of the molecule is CCOC(=O)C1(Cc2ccccc2)CCCN(Cc2ccon2)C1. The summed E-state index contributed by atoms with van der Waals surface area (Å²) in [6.07, 6.45) is 4.13. The van der Waals surface area contributed by atoms with Crippen molar-refractivity contribution in [1.82, 2.24) is 10.1 Å². The fourth-order valence-corrected chi connectivity index (χ4v) is 3.56. The molecule has 0 bridgehead atoms. The lowest BCUT2D eigenvalue weighted by atomic mass is 9.75. The molecule has 1 atom stereocenters. The van der Waals surface area contributed by atoms with Gasteiger partial charge in [0.05, 0.1) is 17.7 Å². The average molecular weight is 328 g/mol. The highest BCUT2D eigenvalue weighted by Crippen LogP contribution is 2.35. The molecule has 1 saturated heterocycles. The summed E-state index contributed by atoms with van der Waals surface area (Å²) in [5.74, 6) is -0.0845. The number of carbonyl (C=O) groups is 1. The van der Waals surface area contributed by atoms with Crippen molar-refractivity contribution >= 4 is 5.97 Å². The van der Waals surface area contributed by atoms with Gasteiger partial charge in [-0.25, -0.2) is 0 Å². The van der Waals surface area contributed by atoms with E-state index in [1.165, 1.54) is 5.56 Å². The molecule has 1 fully saturated rings. The lowest BCUT2D eigenvalue weighted by Gasteiger charge is -2.40. The predicted octanol–water partition coefficient (Wildman–Crippen LogP) is 3.06. The van der Waals surface area contributed by atoms with E-state index in [2.05, 4.69) is 22.2 Å². The fourth-order valence-electron chi connectivity index (χ4n) is 3.56. The third-order valence-electron chi connectivity index (χ3n) is 4.63. The molecule has 1 aromatic heterocycles. The Morgan fingerprint density at radius 2 is 2.17 bits per heavy atom. The highest BCUT2D eigenvalue weighted by Gasteiger charge is 2.43. The molecule has 0 N–H and O–H groups in total. The Morgan fingerprint density at radius 1 is 1.33 bits per heavy atom. The minimum absolute atomic E-state index is 0.0845. The van der Waals surface area contributed by atoms with Crippen LogP contribution in [0.5, 0.6) is 0 Å². The van der Waals surface area contributed by atoms with Crippen molar-refractivity contribution in [3.8, 4) is 0 Å². The molecule has 2 aromatic rings. The van der Waals surface area contributed by atoms with Crippen molar-refractivity contribution in [2.75, 3.05) is 19.7 Å². The van der Waals surface area contributed by atoms with E-state index in [4.69, 9.17) is 9.26 Å². The lowest BCUT2D eigenvalue weighted by Crippen LogP contribution is -2.49. The third kappa shape index (κ3) is 3.85. The van der Waals surface area contributed by atoms with Crippen LogP contribution < -0.4 is 0 Å². The van der Waals surface area contributed by atoms with Gasteiger partial charge in [0.15, 0.2) is 0 Å². The number of hydrogen-bond acceptors (Lipinski definition) is 5. The van der Waals surface area contributed by atoms with Gasteiger partial charge in [-0.1, -0.05) is 35.5 Å². The first kappa shape index (κ1) is 16.7. The molecule has 128 valence electrons. The summed E-state index contributed by atoms with van der Waals surface area (Å²) < 4.78 is 10.4. The van der Waals surface area contributed by atoms with Gasteiger partial charge in [-0.05, 0) is 38.3 Å². The topological polar surface area (TPSA) is 55.6 Å². The van der Waals surface area contributed by atoms with Crippen LogP contribution in [-0.2, 0) is 22.5 Å². The maximum Gasteiger partial charge on any atom is 0.313 e. The molecular formula is C19H24N2O3. The quantitative estimate of drug-likeness (QED) is 0.763. The number of aromatic nitrogens is 1. The van der Waals surface area contributed by atoms with Gasteiger partial charge >= 0.3 is 5.97 Å². The first-order valence-corrected chi connectivity index (χ1v) is 8.55. The van der Waals surface area contributed by atoms with Crippen LogP contribution in [0.4, 0.5) is 0 Å². The van der Waals surface area contributed by atoms with E-state index in [1.807, 2.05) is 31.2 Å². The van der Waals surface area contributed by atoms with E-state index in [9.17, 15) is 4.79 Å². The van der Waals surface area contributed by atoms with Crippen molar-refractivity contribution in [3.63, 3.8) is 0 Å². The first-order chi connectivity index (χ1) is 11.7. The Kier molecular flexibility index (Phi) is 5.30. The van der Waals surface area contributed by atoms with E-state index in [-0.39, 0.29) is 5.97 Å². The van der Waals surface area contributed by atoms with Gasteiger partial charge in [-0.3, -0.25) is 9.69 Å². The maximum atomic E-state index is 12.8. The third-order valence-corrected chi connectivity index (χ3v) is 4.63. The summed E-state index contributed by atoms with van der Waals surface area (Å²) in [6, 6.07) is 12.1. The van der Waals surface area contributed by atoms with Gasteiger partial charge in [0.25, 0.3) is 0 Å². The van der Waals surface area contributed by atoms with Crippen LogP contribution in [0.1, 0.15) is 31.0 Å². The standard InChI is InChI=1S/C19H24N2O3/c1-2-23-18(22)19(13-16-7-4-3-5-8-16)10-6-11-21(15-19)14-17-9-12-24-20-17/h3-5,7-9,12H,2,6,10-11,13-15H2,1H3. The van der Waals surface area contributed by atoms with Crippen LogP contribution in [-0.4, -0.2) is 35.7 Å². The van der Waals surface area contributed by atoms with Crippen molar-refractivity contribution in [3.05, 3.63) is 53.9 Å². The monoisotopic (exact) mass is 328 g/mol. The van der Waals surface area contributed by atoms with Crippen LogP contribution in [0.15, 0.2) is 47.2 Å². The highest BCUT2D eigenvalue weighted by molar-refractivity contribution is 5.77. The smallest absolute Gasteiger partial charge is 0.313 e. The van der Waals surface area contributed by atoms with E-state index in [0.717, 1.165) is 25.1 Å². The van der Waals surface area contributed by atoms with Gasteiger partial charge in [0.2, 0.25) is 0 Å². The average Bonchev–Trinajstić information content (AvgIpc) is 3.09. The van der Waals surface area contributed by atoms with E-state index >= 15 is 0 Å². The van der Waals surface area contributed by atoms with E-state index in [0.29, 0.717) is 26.1 Å². The number of esters is 1. The zero-order chi connectivity index (χ0) is 16.8. The molecule has 0 spiro atoms. The van der Waals surface area contributed by atoms with Gasteiger partial charge in [0.1, 0.15) is 6.26 Å². The number of ether oxygens (including phenoxy) is 1. The predicted molar refractivity (Wildman–Crippen MR) is 90.2 cm³/mol. The molecular weight excluding hydrogens is 304 g/mol. The van der Waals surface area contributed by atoms with Crippen LogP contribution in [0.3, 0.4) is 0 Å². The number of rotatable bonds is 6. The van der Waals surface area contributed by atoms with Crippen LogP contribution in [0.25, 0.3) is 0 Å². The summed E-state index contributed by atoms with van der Waals surface area (Å²) in [5, 5.41) is 3.99. The molecule has 0 aliphatic carbocycles. The molecule has 1 aromatic carbocycles. The molecule has 1 aliphatic rings. The largest absolute Gasteiger partial charge is 0.466 e. The number of likely N-dealkylation sites (tertiary alicyclic amines) is 1. The molecule has 0 saturated carbocycles. The molecule has 2 heterocycles. The normalized spacial score (nSPS) is 21.5. The van der Waals surface area contributed by atoms with Crippen LogP contribution in [0, 0.1) is 5.41 Å². The molecule has 5 heteroatoms. The molecule has 5 nitrogen and oxygen atoms in total. The van der Waals surface area contributed by atoms with Gasteiger partial charge in [0, 0.05) is 19.2 Å². The molecule has 0 radical (unpaired) electrons. The Labute approximate surface area is 142 Å². The van der Waals surface area contributed by atoms with Crippen molar-refractivity contribution in [2.24, 2.45) is 5.41 Å². The second kappa shape index (κ2) is 7.62. The summed E-state index contributed by atoms with van der Waals surface area (Å²) in [4.78, 5) is 15.1. The Bertz CT molecular complexity index is 642. The van der Waals surface area contributed by atoms with Crippen molar-refractivity contribution in [2.45, 2.75) is 32.7 Å². The summed E-state index contributed by atoms with van der Waals surface area (Å²) in [7, 11) is 0. The minimum atomic E-state index is -0.487. The maximum absolute atomic E-state index is 12.8. The van der Waals surface area contributed by atoms with Crippen LogP contribution >= 0.6 is 0 Å².